The zero-order valence-electron chi connectivity index (χ0n) is 47.3. The van der Waals surface area contributed by atoms with E-state index in [1.54, 1.807) is 60.3 Å². The lowest BCUT2D eigenvalue weighted by molar-refractivity contribution is 0.0358. The monoisotopic (exact) mass is 1220 g/mol. The van der Waals surface area contributed by atoms with Crippen molar-refractivity contribution in [1.29, 1.82) is 0 Å². The largest absolute Gasteiger partial charge is 0.472 e. The predicted molar refractivity (Wildman–Crippen MR) is 314 cm³/mol. The van der Waals surface area contributed by atoms with Crippen LogP contribution in [0.2, 0.25) is 0 Å². The Morgan fingerprint density at radius 1 is 0.605 bits per heavy atom. The summed E-state index contributed by atoms with van der Waals surface area (Å²) in [7, 11) is 4.77. The molecule has 81 heavy (non-hydrogen) atoms. The molecule has 2 N–H and O–H groups in total. The number of para-hydroxylation sites is 2. The molecule has 5 fully saturated rings. The van der Waals surface area contributed by atoms with Gasteiger partial charge in [-0.1, -0.05) is 50.5 Å². The first-order chi connectivity index (χ1) is 39.4. The Labute approximate surface area is 488 Å². The van der Waals surface area contributed by atoms with Gasteiger partial charge < -0.3 is 44.3 Å². The van der Waals surface area contributed by atoms with Gasteiger partial charge in [0.1, 0.15) is 23.3 Å². The number of anilines is 1. The number of carbonyl (C=O) groups is 4. The van der Waals surface area contributed by atoms with Gasteiger partial charge in [0.15, 0.2) is 0 Å². The number of pyridine rings is 2. The van der Waals surface area contributed by atoms with Crippen LogP contribution >= 0.6 is 22.6 Å². The smallest absolute Gasteiger partial charge is 0.345 e. The lowest BCUT2D eigenvalue weighted by atomic mass is 9.83. The second-order valence-electron chi connectivity index (χ2n) is 20.7. The standard InChI is InChI=1S/C25H28N6O4.C22H22IN5O4.C9H19N.C3H7N/c1-17-8-9-18(35-23-22(25(33)34-2)21(10-11-26-23)29-14-5-15-29)16-30(17)24(32)19-6-3-4-7-20(19)31-27-12-13-28-31;1-14-7-8-15(32-20-19(22(30)31-2)17(23)9-10-24-20)13-27(14)21(29)16-5-3-4-6-18(16)28-25-11-12-26-28;1-3-8-6-4-5-7-9(8)10-2;1-2-4-3-1/h3-4,6-7,10-13,17-18H,5,8-9,14-16H2,1-2H3;3-6,9-12,14-15H,7-8,13H2,1-2H3;8-10H,3-7H2,1-2H3;4H,1-3H2/t17-,18-;14-,15-;;/m11../s1. The molecule has 2 unspecified atom stereocenters. The summed E-state index contributed by atoms with van der Waals surface area (Å²) in [5.41, 5.74) is 3.66. The van der Waals surface area contributed by atoms with Crippen molar-refractivity contribution < 1.29 is 38.1 Å². The molecule has 0 bridgehead atoms. The molecule has 5 aliphatic rings. The van der Waals surface area contributed by atoms with Crippen molar-refractivity contribution in [3.63, 3.8) is 0 Å². The zero-order valence-corrected chi connectivity index (χ0v) is 49.4. The van der Waals surface area contributed by atoms with E-state index in [0.29, 0.717) is 50.3 Å². The SMILES string of the molecule is C1CNC1.CCC1CCCCC1NC.COC(=O)c1c(I)ccnc1O[C@@H]1CC[C@@H](C)N(C(=O)c2ccccc2-n2nccn2)C1.COC(=O)c1c(N2CCC2)ccnc1O[C@@H]1CC[C@@H](C)N(C(=O)c2ccccc2-n2nccn2)C1. The Hall–Kier alpha value is -7.05. The number of methoxy groups -OCH3 is 2. The highest BCUT2D eigenvalue weighted by atomic mass is 127. The van der Waals surface area contributed by atoms with Crippen LogP contribution < -0.4 is 25.0 Å². The fraction of sp³-hybridized carbons (Fsp3) is 0.492. The highest BCUT2D eigenvalue weighted by Crippen LogP contribution is 2.34. The van der Waals surface area contributed by atoms with Gasteiger partial charge in [-0.2, -0.15) is 30.0 Å². The highest BCUT2D eigenvalue weighted by molar-refractivity contribution is 14.1. The number of carbonyl (C=O) groups excluding carboxylic acids is 4. The number of hydrogen-bond acceptors (Lipinski definition) is 17. The molecule has 432 valence electrons. The third-order valence-corrected chi connectivity index (χ3v) is 16.4. The van der Waals surface area contributed by atoms with E-state index in [4.69, 9.17) is 18.9 Å². The molecule has 11 rings (SSSR count). The van der Waals surface area contributed by atoms with Crippen LogP contribution in [0, 0.1) is 9.49 Å². The Morgan fingerprint density at radius 2 is 1.07 bits per heavy atom. The molecule has 4 aliphatic heterocycles. The number of benzene rings is 2. The maximum absolute atomic E-state index is 13.6. The van der Waals surface area contributed by atoms with Crippen LogP contribution in [0.5, 0.6) is 11.8 Å². The Morgan fingerprint density at radius 3 is 1.52 bits per heavy atom. The maximum Gasteiger partial charge on any atom is 0.345 e. The average molecular weight is 1220 g/mol. The summed E-state index contributed by atoms with van der Waals surface area (Å²) in [5.74, 6) is 0.199. The van der Waals surface area contributed by atoms with Gasteiger partial charge in [-0.15, -0.1) is 0 Å². The van der Waals surface area contributed by atoms with Crippen molar-refractivity contribution in [3.8, 4) is 23.1 Å². The molecule has 8 heterocycles. The zero-order chi connectivity index (χ0) is 57.3. The maximum atomic E-state index is 13.6. The van der Waals surface area contributed by atoms with Crippen molar-refractivity contribution in [1.82, 2.24) is 60.4 Å². The van der Waals surface area contributed by atoms with Gasteiger partial charge in [-0.3, -0.25) is 9.59 Å². The molecule has 0 spiro atoms. The number of aromatic nitrogens is 8. The molecule has 0 radical (unpaired) electrons. The van der Waals surface area contributed by atoms with Gasteiger partial charge >= 0.3 is 11.9 Å². The Balaban J connectivity index is 0.000000172. The van der Waals surface area contributed by atoms with E-state index < -0.39 is 11.9 Å². The van der Waals surface area contributed by atoms with Crippen LogP contribution in [0.1, 0.15) is 133 Å². The van der Waals surface area contributed by atoms with Gasteiger partial charge in [0.05, 0.1) is 80.3 Å². The molecule has 22 heteroatoms. The van der Waals surface area contributed by atoms with E-state index in [2.05, 4.69) is 82.5 Å². The molecule has 4 saturated heterocycles. The number of hydrogen-bond donors (Lipinski definition) is 2. The summed E-state index contributed by atoms with van der Waals surface area (Å²) in [5, 5.41) is 23.2. The Kier molecular flexibility index (Phi) is 21.9. The lowest BCUT2D eigenvalue weighted by Crippen LogP contribution is -2.49. The van der Waals surface area contributed by atoms with Gasteiger partial charge in [0, 0.05) is 47.2 Å². The summed E-state index contributed by atoms with van der Waals surface area (Å²) in [6.45, 7) is 11.4. The van der Waals surface area contributed by atoms with E-state index in [-0.39, 0.29) is 47.9 Å². The molecule has 1 saturated carbocycles. The van der Waals surface area contributed by atoms with E-state index in [1.807, 2.05) is 61.2 Å². The summed E-state index contributed by atoms with van der Waals surface area (Å²) < 4.78 is 23.0. The van der Waals surface area contributed by atoms with Crippen molar-refractivity contribution in [2.75, 3.05) is 65.4 Å². The molecule has 4 aromatic heterocycles. The molecule has 1 aliphatic carbocycles. The van der Waals surface area contributed by atoms with Crippen molar-refractivity contribution in [2.45, 2.75) is 122 Å². The second-order valence-corrected chi connectivity index (χ2v) is 21.8. The number of nitrogens with zero attached hydrogens (tertiary/aromatic N) is 11. The Bertz CT molecular complexity index is 2980. The molecular weight excluding hydrogens is 1150 g/mol. The number of halogens is 1. The predicted octanol–water partition coefficient (Wildman–Crippen LogP) is 8.01. The normalized spacial score (nSPS) is 21.1. The highest BCUT2D eigenvalue weighted by Gasteiger charge is 2.36. The first kappa shape index (κ1) is 60.1. The lowest BCUT2D eigenvalue weighted by Gasteiger charge is -2.38. The number of likely N-dealkylation sites (tertiary alicyclic amines) is 2. The van der Waals surface area contributed by atoms with Gasteiger partial charge in [-0.05, 0) is 150 Å². The van der Waals surface area contributed by atoms with Crippen molar-refractivity contribution >= 4 is 52.0 Å². The van der Waals surface area contributed by atoms with Gasteiger partial charge in [0.25, 0.3) is 11.8 Å². The number of esters is 2. The number of rotatable bonds is 13. The number of nitrogens with one attached hydrogen (secondary N) is 2. The number of ether oxygens (including phenoxy) is 4. The molecule has 21 nitrogen and oxygen atoms in total. The van der Waals surface area contributed by atoms with E-state index in [9.17, 15) is 19.2 Å². The van der Waals surface area contributed by atoms with Crippen molar-refractivity contribution in [2.24, 2.45) is 5.92 Å². The topological polar surface area (TPSA) is 226 Å². The van der Waals surface area contributed by atoms with Crippen LogP contribution in [0.3, 0.4) is 0 Å². The minimum absolute atomic E-state index is 0.0291. The molecule has 2 amide bonds. The van der Waals surface area contributed by atoms with E-state index >= 15 is 0 Å². The fourth-order valence-electron chi connectivity index (χ4n) is 10.6. The van der Waals surface area contributed by atoms with Gasteiger partial charge in [0.2, 0.25) is 11.8 Å². The molecule has 2 aromatic carbocycles. The van der Waals surface area contributed by atoms with Crippen molar-refractivity contribution in [3.05, 3.63) is 124 Å². The summed E-state index contributed by atoms with van der Waals surface area (Å²) >= 11 is 2.05. The third-order valence-electron chi connectivity index (χ3n) is 15.5. The quantitative estimate of drug-likeness (QED) is 0.0825. The summed E-state index contributed by atoms with van der Waals surface area (Å²) in [6.07, 6.45) is 21.5. The summed E-state index contributed by atoms with van der Waals surface area (Å²) in [4.78, 5) is 69.3. The molecular formula is C59H76IN13O8. The van der Waals surface area contributed by atoms with E-state index in [1.165, 1.54) is 75.4 Å². The minimum atomic E-state index is -0.504. The number of piperidine rings is 2. The average Bonchev–Trinajstić information content (AvgIpc) is 4.28. The van der Waals surface area contributed by atoms with Crippen LogP contribution in [-0.4, -0.2) is 164 Å². The fourth-order valence-corrected chi connectivity index (χ4v) is 11.2. The summed E-state index contributed by atoms with van der Waals surface area (Å²) in [6, 6.07) is 19.0. The minimum Gasteiger partial charge on any atom is -0.472 e. The van der Waals surface area contributed by atoms with Crippen LogP contribution in [0.15, 0.2) is 97.8 Å². The molecule has 6 atom stereocenters. The first-order valence-electron chi connectivity index (χ1n) is 28.2. The molecule has 6 aromatic rings. The third kappa shape index (κ3) is 15.1. The van der Waals surface area contributed by atoms with Crippen LogP contribution in [0.4, 0.5) is 5.69 Å². The van der Waals surface area contributed by atoms with Crippen LogP contribution in [-0.2, 0) is 9.47 Å². The van der Waals surface area contributed by atoms with Gasteiger partial charge in [-0.25, -0.2) is 19.6 Å². The van der Waals surface area contributed by atoms with E-state index in [0.717, 1.165) is 62.8 Å². The number of amides is 2. The first-order valence-corrected chi connectivity index (χ1v) is 29.3. The second kappa shape index (κ2) is 29.6. The van der Waals surface area contributed by atoms with Crippen LogP contribution in [0.25, 0.3) is 11.4 Å².